The minimum absolute atomic E-state index is 0.0911. The molecule has 0 aromatic rings. The first kappa shape index (κ1) is 18.4. The van der Waals surface area contributed by atoms with E-state index in [-0.39, 0.29) is 24.7 Å². The molecule has 0 radical (unpaired) electrons. The third-order valence-electron chi connectivity index (χ3n) is 2.88. The molecule has 0 heterocycles. The van der Waals surface area contributed by atoms with Crippen molar-refractivity contribution in [1.82, 2.24) is 10.6 Å². The Balaban J connectivity index is 4.12. The van der Waals surface area contributed by atoms with Crippen LogP contribution in [0.2, 0.25) is 0 Å². The lowest BCUT2D eigenvalue weighted by Gasteiger charge is -2.15. The number of rotatable bonds is 10. The van der Waals surface area contributed by atoms with E-state index in [1.54, 1.807) is 6.92 Å². The van der Waals surface area contributed by atoms with Crippen molar-refractivity contribution in [3.63, 3.8) is 0 Å². The van der Waals surface area contributed by atoms with E-state index in [0.29, 0.717) is 6.54 Å². The summed E-state index contributed by atoms with van der Waals surface area (Å²) in [6.07, 6.45) is 4.44. The quantitative estimate of drug-likeness (QED) is 0.466. The van der Waals surface area contributed by atoms with Crippen molar-refractivity contribution in [2.75, 3.05) is 13.7 Å². The fourth-order valence-corrected chi connectivity index (χ4v) is 1.67. The summed E-state index contributed by atoms with van der Waals surface area (Å²) in [5.74, 6) is -1.14. The van der Waals surface area contributed by atoms with Crippen LogP contribution < -0.4 is 10.6 Å². The summed E-state index contributed by atoms with van der Waals surface area (Å²) in [5, 5.41) is 5.23. The highest BCUT2D eigenvalue weighted by molar-refractivity contribution is 5.89. The van der Waals surface area contributed by atoms with E-state index in [1.807, 2.05) is 0 Å². The predicted molar refractivity (Wildman–Crippen MR) is 76.0 cm³/mol. The van der Waals surface area contributed by atoms with E-state index in [2.05, 4.69) is 22.3 Å². The van der Waals surface area contributed by atoms with E-state index < -0.39 is 12.0 Å². The number of carbonyl (C=O) groups excluding carboxylic acids is 3. The van der Waals surface area contributed by atoms with Crippen LogP contribution in [0.1, 0.15) is 52.4 Å². The maximum absolute atomic E-state index is 11.7. The molecule has 0 aliphatic rings. The van der Waals surface area contributed by atoms with Crippen LogP contribution in [0.3, 0.4) is 0 Å². The van der Waals surface area contributed by atoms with Gasteiger partial charge in [0, 0.05) is 13.0 Å². The zero-order valence-corrected chi connectivity index (χ0v) is 12.7. The molecule has 2 N–H and O–H groups in total. The van der Waals surface area contributed by atoms with Gasteiger partial charge in [0.2, 0.25) is 11.8 Å². The Hall–Kier alpha value is -1.59. The summed E-state index contributed by atoms with van der Waals surface area (Å²) in [4.78, 5) is 34.5. The first-order valence-corrected chi connectivity index (χ1v) is 7.19. The van der Waals surface area contributed by atoms with Gasteiger partial charge in [-0.2, -0.15) is 0 Å². The van der Waals surface area contributed by atoms with Gasteiger partial charge in [0.1, 0.15) is 6.04 Å². The number of hydrogen-bond donors (Lipinski definition) is 2. The highest BCUT2D eigenvalue weighted by atomic mass is 16.5. The summed E-state index contributed by atoms with van der Waals surface area (Å²) < 4.78 is 4.58. The number of esters is 1. The molecule has 0 saturated heterocycles. The van der Waals surface area contributed by atoms with Gasteiger partial charge >= 0.3 is 5.97 Å². The molecule has 6 heteroatoms. The molecule has 116 valence electrons. The van der Waals surface area contributed by atoms with E-state index in [9.17, 15) is 14.4 Å². The molecule has 6 nitrogen and oxygen atoms in total. The van der Waals surface area contributed by atoms with Gasteiger partial charge < -0.3 is 15.4 Å². The lowest BCUT2D eigenvalue weighted by molar-refractivity contribution is -0.146. The lowest BCUT2D eigenvalue weighted by Crippen LogP contribution is -2.44. The van der Waals surface area contributed by atoms with Crippen LogP contribution in [0.15, 0.2) is 0 Å². The van der Waals surface area contributed by atoms with E-state index in [0.717, 1.165) is 25.7 Å². The Morgan fingerprint density at radius 2 is 1.75 bits per heavy atom. The summed E-state index contributed by atoms with van der Waals surface area (Å²) in [6.45, 7) is 4.39. The van der Waals surface area contributed by atoms with Crippen molar-refractivity contribution in [3.8, 4) is 0 Å². The van der Waals surface area contributed by atoms with Gasteiger partial charge in [0.05, 0.1) is 13.5 Å². The van der Waals surface area contributed by atoms with Gasteiger partial charge in [0.25, 0.3) is 0 Å². The lowest BCUT2D eigenvalue weighted by atomic mass is 10.1. The van der Waals surface area contributed by atoms with Gasteiger partial charge in [0.15, 0.2) is 0 Å². The first-order valence-electron chi connectivity index (χ1n) is 7.19. The van der Waals surface area contributed by atoms with Gasteiger partial charge in [-0.25, -0.2) is 4.79 Å². The topological polar surface area (TPSA) is 84.5 Å². The van der Waals surface area contributed by atoms with E-state index in [1.165, 1.54) is 7.11 Å². The molecule has 0 saturated carbocycles. The number of unbranched alkanes of at least 4 members (excludes halogenated alkanes) is 3. The van der Waals surface area contributed by atoms with Crippen LogP contribution in [0.25, 0.3) is 0 Å². The highest BCUT2D eigenvalue weighted by Gasteiger charge is 2.23. The van der Waals surface area contributed by atoms with Crippen LogP contribution in [0.5, 0.6) is 0 Å². The molecule has 0 rings (SSSR count). The monoisotopic (exact) mass is 286 g/mol. The second kappa shape index (κ2) is 11.3. The Morgan fingerprint density at radius 1 is 1.05 bits per heavy atom. The highest BCUT2D eigenvalue weighted by Crippen LogP contribution is 1.99. The smallest absolute Gasteiger partial charge is 0.328 e. The zero-order valence-electron chi connectivity index (χ0n) is 12.7. The number of methoxy groups -OCH3 is 1. The second-order valence-electron chi connectivity index (χ2n) is 4.61. The first-order chi connectivity index (χ1) is 9.54. The number of hydrogen-bond acceptors (Lipinski definition) is 4. The Morgan fingerprint density at radius 3 is 2.30 bits per heavy atom. The standard InChI is InChI=1S/C14H26N2O4/c1-4-6-7-8-9-15-13(18)10-11(14(19)20-3)16-12(17)5-2/h11H,4-10H2,1-3H3,(H,15,18)(H,16,17). The van der Waals surface area contributed by atoms with Gasteiger partial charge in [-0.15, -0.1) is 0 Å². The van der Waals surface area contributed by atoms with Crippen molar-refractivity contribution in [2.45, 2.75) is 58.4 Å². The van der Waals surface area contributed by atoms with Gasteiger partial charge in [-0.3, -0.25) is 9.59 Å². The van der Waals surface area contributed by atoms with Crippen LogP contribution >= 0.6 is 0 Å². The summed E-state index contributed by atoms with van der Waals surface area (Å²) >= 11 is 0. The molecule has 20 heavy (non-hydrogen) atoms. The molecule has 0 aliphatic heterocycles. The van der Waals surface area contributed by atoms with Crippen LogP contribution in [-0.2, 0) is 19.1 Å². The number of ether oxygens (including phenoxy) is 1. The molecule has 1 atom stereocenters. The van der Waals surface area contributed by atoms with Gasteiger partial charge in [-0.05, 0) is 6.42 Å². The largest absolute Gasteiger partial charge is 0.467 e. The summed E-state index contributed by atoms with van der Waals surface area (Å²) in [7, 11) is 1.23. The number of amides is 2. The van der Waals surface area contributed by atoms with Crippen LogP contribution in [0, 0.1) is 0 Å². The third kappa shape index (κ3) is 8.50. The van der Waals surface area contributed by atoms with Crippen molar-refractivity contribution in [2.24, 2.45) is 0 Å². The average Bonchev–Trinajstić information content (AvgIpc) is 2.45. The minimum Gasteiger partial charge on any atom is -0.467 e. The fraction of sp³-hybridized carbons (Fsp3) is 0.786. The van der Waals surface area contributed by atoms with E-state index in [4.69, 9.17) is 0 Å². The molecule has 0 aromatic heterocycles. The number of carbonyl (C=O) groups is 3. The van der Waals surface area contributed by atoms with Crippen LogP contribution in [-0.4, -0.2) is 37.5 Å². The summed E-state index contributed by atoms with van der Waals surface area (Å²) in [5.41, 5.74) is 0. The van der Waals surface area contributed by atoms with Crippen molar-refractivity contribution < 1.29 is 19.1 Å². The molecular formula is C14H26N2O4. The molecule has 2 amide bonds. The fourth-order valence-electron chi connectivity index (χ4n) is 1.67. The van der Waals surface area contributed by atoms with Crippen LogP contribution in [0.4, 0.5) is 0 Å². The van der Waals surface area contributed by atoms with Crippen molar-refractivity contribution in [1.29, 1.82) is 0 Å². The number of nitrogens with one attached hydrogen (secondary N) is 2. The maximum atomic E-state index is 11.7. The zero-order chi connectivity index (χ0) is 15.4. The Kier molecular flexibility index (Phi) is 10.4. The SMILES string of the molecule is CCCCCCNC(=O)CC(NC(=O)CC)C(=O)OC. The molecule has 0 aliphatic carbocycles. The van der Waals surface area contributed by atoms with E-state index >= 15 is 0 Å². The average molecular weight is 286 g/mol. The second-order valence-corrected chi connectivity index (χ2v) is 4.61. The van der Waals surface area contributed by atoms with Crippen molar-refractivity contribution in [3.05, 3.63) is 0 Å². The molecule has 0 bridgehead atoms. The predicted octanol–water partition coefficient (Wildman–Crippen LogP) is 1.14. The molecule has 0 spiro atoms. The minimum atomic E-state index is -0.914. The van der Waals surface area contributed by atoms with Gasteiger partial charge in [-0.1, -0.05) is 33.1 Å². The Labute approximate surface area is 120 Å². The van der Waals surface area contributed by atoms with Crippen molar-refractivity contribution >= 4 is 17.8 Å². The maximum Gasteiger partial charge on any atom is 0.328 e. The third-order valence-corrected chi connectivity index (χ3v) is 2.88. The normalized spacial score (nSPS) is 11.6. The molecule has 0 fully saturated rings. The molecule has 1 unspecified atom stereocenters. The molecular weight excluding hydrogens is 260 g/mol. The molecule has 0 aromatic carbocycles. The summed E-state index contributed by atoms with van der Waals surface area (Å²) in [6, 6.07) is -0.914. The Bertz CT molecular complexity index is 318.